The molecule has 0 saturated heterocycles. The minimum absolute atomic E-state index is 0.128. The lowest BCUT2D eigenvalue weighted by molar-refractivity contribution is -0.00903. The predicted molar refractivity (Wildman–Crippen MR) is 80.0 cm³/mol. The predicted octanol–water partition coefficient (Wildman–Crippen LogP) is 2.92. The van der Waals surface area contributed by atoms with Gasteiger partial charge in [0.2, 0.25) is 0 Å². The topological polar surface area (TPSA) is 38.6 Å². The van der Waals surface area contributed by atoms with Gasteiger partial charge in [-0.05, 0) is 34.6 Å². The molecule has 0 amide bonds. The zero-order valence-electron chi connectivity index (χ0n) is 12.4. The van der Waals surface area contributed by atoms with E-state index >= 15 is 0 Å². The minimum Gasteiger partial charge on any atom is -0.375 e. The van der Waals surface area contributed by atoms with Crippen molar-refractivity contribution >= 4 is 16.3 Å². The summed E-state index contributed by atoms with van der Waals surface area (Å²) in [4.78, 5) is 6.97. The van der Waals surface area contributed by atoms with E-state index in [-0.39, 0.29) is 5.60 Å². The lowest BCUT2D eigenvalue weighted by Crippen LogP contribution is -2.37. The molecule has 0 bridgehead atoms. The van der Waals surface area contributed by atoms with Crippen molar-refractivity contribution in [1.82, 2.24) is 14.7 Å². The van der Waals surface area contributed by atoms with Crippen LogP contribution in [-0.4, -0.2) is 28.1 Å². The molecule has 19 heavy (non-hydrogen) atoms. The molecule has 0 radical (unpaired) electrons. The maximum atomic E-state index is 5.69. The molecule has 0 saturated carbocycles. The SMILES string of the molecule is CCOC(C)(C)CNCc1c(C)nc2sc(C)cn12. The first kappa shape index (κ1) is 14.5. The van der Waals surface area contributed by atoms with Crippen molar-refractivity contribution in [3.63, 3.8) is 0 Å². The summed E-state index contributed by atoms with van der Waals surface area (Å²) in [5.41, 5.74) is 2.22. The van der Waals surface area contributed by atoms with Gasteiger partial charge in [-0.2, -0.15) is 0 Å². The van der Waals surface area contributed by atoms with Crippen LogP contribution < -0.4 is 5.32 Å². The minimum atomic E-state index is -0.128. The average Bonchev–Trinajstić information content (AvgIpc) is 2.76. The number of nitrogens with zero attached hydrogens (tertiary/aromatic N) is 2. The third-order valence-electron chi connectivity index (χ3n) is 3.12. The summed E-state index contributed by atoms with van der Waals surface area (Å²) in [5, 5.41) is 3.47. The van der Waals surface area contributed by atoms with E-state index < -0.39 is 0 Å². The third kappa shape index (κ3) is 3.35. The van der Waals surface area contributed by atoms with Gasteiger partial charge in [-0.1, -0.05) is 0 Å². The molecule has 5 heteroatoms. The van der Waals surface area contributed by atoms with Gasteiger partial charge >= 0.3 is 0 Å². The number of hydrogen-bond donors (Lipinski definition) is 1. The van der Waals surface area contributed by atoms with Crippen molar-refractivity contribution < 1.29 is 4.74 Å². The number of rotatable bonds is 6. The van der Waals surface area contributed by atoms with Crippen molar-refractivity contribution in [1.29, 1.82) is 0 Å². The second-order valence-electron chi connectivity index (χ2n) is 5.43. The monoisotopic (exact) mass is 281 g/mol. The number of aromatic nitrogens is 2. The van der Waals surface area contributed by atoms with Crippen molar-refractivity contribution in [2.75, 3.05) is 13.2 Å². The summed E-state index contributed by atoms with van der Waals surface area (Å²) >= 11 is 1.73. The molecule has 4 nitrogen and oxygen atoms in total. The lowest BCUT2D eigenvalue weighted by atomic mass is 10.1. The van der Waals surface area contributed by atoms with Gasteiger partial charge in [0.15, 0.2) is 4.96 Å². The first-order valence-electron chi connectivity index (χ1n) is 6.71. The van der Waals surface area contributed by atoms with Crippen LogP contribution in [0.3, 0.4) is 0 Å². The summed E-state index contributed by atoms with van der Waals surface area (Å²) in [6.07, 6.45) is 2.16. The van der Waals surface area contributed by atoms with Gasteiger partial charge < -0.3 is 10.1 Å². The Morgan fingerprint density at radius 1 is 1.42 bits per heavy atom. The molecule has 2 aromatic rings. The number of thiazole rings is 1. The molecule has 0 unspecified atom stereocenters. The van der Waals surface area contributed by atoms with E-state index in [1.54, 1.807) is 11.3 Å². The molecule has 0 aliphatic rings. The van der Waals surface area contributed by atoms with E-state index in [1.807, 2.05) is 6.92 Å². The standard InChI is InChI=1S/C14H23N3OS/c1-6-18-14(4,5)9-15-7-12-11(3)16-13-17(12)8-10(2)19-13/h8,15H,6-7,9H2,1-5H3. The molecule has 1 N–H and O–H groups in total. The van der Waals surface area contributed by atoms with Gasteiger partial charge in [-0.25, -0.2) is 4.98 Å². The molecule has 0 spiro atoms. The summed E-state index contributed by atoms with van der Waals surface area (Å²) in [7, 11) is 0. The summed E-state index contributed by atoms with van der Waals surface area (Å²) < 4.78 is 7.88. The molecule has 0 atom stereocenters. The highest BCUT2D eigenvalue weighted by Crippen LogP contribution is 2.20. The van der Waals surface area contributed by atoms with Crippen LogP contribution in [0, 0.1) is 13.8 Å². The van der Waals surface area contributed by atoms with Crippen molar-refractivity contribution in [3.8, 4) is 0 Å². The van der Waals surface area contributed by atoms with Crippen LogP contribution in [0.25, 0.3) is 4.96 Å². The molecule has 0 fully saturated rings. The normalized spacial score (nSPS) is 12.5. The van der Waals surface area contributed by atoms with Gasteiger partial charge in [0.1, 0.15) is 0 Å². The van der Waals surface area contributed by atoms with Crippen molar-refractivity contribution in [2.45, 2.75) is 46.8 Å². The van der Waals surface area contributed by atoms with Crippen LogP contribution in [-0.2, 0) is 11.3 Å². The summed E-state index contributed by atoms with van der Waals surface area (Å²) in [6.45, 7) is 12.8. The molecule has 0 aliphatic heterocycles. The first-order valence-corrected chi connectivity index (χ1v) is 7.53. The fourth-order valence-corrected chi connectivity index (χ4v) is 3.14. The second kappa shape index (κ2) is 5.61. The molecule has 0 aromatic carbocycles. The number of nitrogens with one attached hydrogen (secondary N) is 1. The van der Waals surface area contributed by atoms with E-state index in [2.05, 4.69) is 48.6 Å². The number of imidazole rings is 1. The first-order chi connectivity index (χ1) is 8.93. The number of hydrogen-bond acceptors (Lipinski definition) is 4. The Labute approximate surface area is 118 Å². The number of fused-ring (bicyclic) bond motifs is 1. The smallest absolute Gasteiger partial charge is 0.194 e. The molecule has 0 aliphatic carbocycles. The van der Waals surface area contributed by atoms with Crippen LogP contribution in [0.15, 0.2) is 6.20 Å². The summed E-state index contributed by atoms with van der Waals surface area (Å²) in [5.74, 6) is 0. The largest absolute Gasteiger partial charge is 0.375 e. The highest BCUT2D eigenvalue weighted by molar-refractivity contribution is 7.17. The van der Waals surface area contributed by atoms with Crippen molar-refractivity contribution in [3.05, 3.63) is 22.5 Å². The van der Waals surface area contributed by atoms with E-state index in [4.69, 9.17) is 4.74 Å². The number of ether oxygens (including phenoxy) is 1. The van der Waals surface area contributed by atoms with Crippen molar-refractivity contribution in [2.24, 2.45) is 0 Å². The van der Waals surface area contributed by atoms with Crippen LogP contribution in [0.1, 0.15) is 37.0 Å². The maximum absolute atomic E-state index is 5.69. The van der Waals surface area contributed by atoms with E-state index in [1.165, 1.54) is 10.6 Å². The molecule has 2 rings (SSSR count). The van der Waals surface area contributed by atoms with Gasteiger partial charge in [0, 0.05) is 30.8 Å². The Morgan fingerprint density at radius 3 is 2.84 bits per heavy atom. The highest BCUT2D eigenvalue weighted by atomic mass is 32.1. The van der Waals surface area contributed by atoms with Gasteiger partial charge in [-0.3, -0.25) is 4.40 Å². The van der Waals surface area contributed by atoms with E-state index in [9.17, 15) is 0 Å². The Hall–Kier alpha value is -0.910. The van der Waals surface area contributed by atoms with Gasteiger partial charge in [0.05, 0.1) is 17.0 Å². The average molecular weight is 281 g/mol. The Kier molecular flexibility index (Phi) is 4.28. The quantitative estimate of drug-likeness (QED) is 0.885. The van der Waals surface area contributed by atoms with Gasteiger partial charge in [0.25, 0.3) is 0 Å². The zero-order valence-corrected chi connectivity index (χ0v) is 13.2. The molecule has 2 heterocycles. The molecule has 2 aromatic heterocycles. The second-order valence-corrected chi connectivity index (χ2v) is 6.65. The fourth-order valence-electron chi connectivity index (χ4n) is 2.25. The number of aryl methyl sites for hydroxylation is 2. The molecular weight excluding hydrogens is 258 g/mol. The lowest BCUT2D eigenvalue weighted by Gasteiger charge is -2.25. The Balaban J connectivity index is 2.03. The third-order valence-corrected chi connectivity index (χ3v) is 4.02. The zero-order chi connectivity index (χ0) is 14.0. The van der Waals surface area contributed by atoms with Crippen LogP contribution in [0.2, 0.25) is 0 Å². The maximum Gasteiger partial charge on any atom is 0.194 e. The highest BCUT2D eigenvalue weighted by Gasteiger charge is 2.18. The van der Waals surface area contributed by atoms with Crippen LogP contribution in [0.4, 0.5) is 0 Å². The van der Waals surface area contributed by atoms with E-state index in [0.29, 0.717) is 0 Å². The van der Waals surface area contributed by atoms with E-state index in [0.717, 1.165) is 30.4 Å². The molecule has 106 valence electrons. The Bertz CT molecular complexity index is 556. The molecular formula is C14H23N3OS. The fraction of sp³-hybridized carbons (Fsp3) is 0.643. The Morgan fingerprint density at radius 2 is 2.16 bits per heavy atom. The van der Waals surface area contributed by atoms with Crippen LogP contribution >= 0.6 is 11.3 Å². The summed E-state index contributed by atoms with van der Waals surface area (Å²) in [6, 6.07) is 0. The van der Waals surface area contributed by atoms with Crippen LogP contribution in [0.5, 0.6) is 0 Å². The van der Waals surface area contributed by atoms with Gasteiger partial charge in [-0.15, -0.1) is 11.3 Å².